The Hall–Kier alpha value is -2.37. The molecule has 4 nitrogen and oxygen atoms in total. The Balaban J connectivity index is 1.50. The molecule has 0 spiro atoms. The second-order valence-corrected chi connectivity index (χ2v) is 7.37. The fraction of sp³-hybridized carbons (Fsp3) is 0.190. The smallest absolute Gasteiger partial charge is 0.230 e. The Morgan fingerprint density at radius 1 is 1.04 bits per heavy atom. The molecule has 0 aliphatic carbocycles. The number of nitrogens with zero attached hydrogens (tertiary/aromatic N) is 2. The van der Waals surface area contributed by atoms with Crippen molar-refractivity contribution in [3.8, 4) is 11.3 Å². The number of halogens is 1. The van der Waals surface area contributed by atoms with Crippen molar-refractivity contribution in [1.29, 1.82) is 0 Å². The summed E-state index contributed by atoms with van der Waals surface area (Å²) in [6, 6.07) is 19.6. The number of amides is 1. The van der Waals surface area contributed by atoms with E-state index in [1.165, 1.54) is 17.3 Å². The van der Waals surface area contributed by atoms with Gasteiger partial charge in [0, 0.05) is 17.1 Å². The summed E-state index contributed by atoms with van der Waals surface area (Å²) in [5, 5.41) is 12.7. The largest absolute Gasteiger partial charge is 0.351 e. The molecule has 0 saturated carbocycles. The van der Waals surface area contributed by atoms with Crippen LogP contribution in [0, 0.1) is 0 Å². The molecule has 1 N–H and O–H groups in total. The lowest BCUT2D eigenvalue weighted by Crippen LogP contribution is -2.24. The molecule has 6 heteroatoms. The number of hydrogen-bond donors (Lipinski definition) is 1. The molecule has 138 valence electrons. The standard InChI is InChI=1S/C21H20ClN3OS/c1-2-15-7-9-16(10-8-15)19-11-12-21(25-24-19)27-14-20(26)23-13-17-5-3-4-6-18(17)22/h3-12H,2,13-14H2,1H3,(H,23,26). The topological polar surface area (TPSA) is 54.9 Å². The molecular formula is C21H20ClN3OS. The molecule has 1 aromatic heterocycles. The minimum Gasteiger partial charge on any atom is -0.351 e. The first kappa shape index (κ1) is 19.4. The van der Waals surface area contributed by atoms with Crippen LogP contribution >= 0.6 is 23.4 Å². The zero-order valence-electron chi connectivity index (χ0n) is 15.0. The Bertz CT molecular complexity index is 898. The van der Waals surface area contributed by atoms with Crippen molar-refractivity contribution in [2.75, 3.05) is 5.75 Å². The Kier molecular flexibility index (Phi) is 6.85. The normalized spacial score (nSPS) is 10.6. The summed E-state index contributed by atoms with van der Waals surface area (Å²) in [4.78, 5) is 12.0. The van der Waals surface area contributed by atoms with E-state index in [0.717, 1.165) is 28.3 Å². The van der Waals surface area contributed by atoms with Crippen molar-refractivity contribution < 1.29 is 4.79 Å². The third-order valence-corrected chi connectivity index (χ3v) is 5.37. The predicted molar refractivity (Wildman–Crippen MR) is 111 cm³/mol. The molecule has 0 aliphatic rings. The zero-order valence-corrected chi connectivity index (χ0v) is 16.6. The van der Waals surface area contributed by atoms with E-state index in [-0.39, 0.29) is 11.7 Å². The summed E-state index contributed by atoms with van der Waals surface area (Å²) >= 11 is 7.45. The molecule has 0 aliphatic heterocycles. The average Bonchev–Trinajstić information content (AvgIpc) is 2.72. The van der Waals surface area contributed by atoms with Crippen LogP contribution < -0.4 is 5.32 Å². The number of hydrogen-bond acceptors (Lipinski definition) is 4. The summed E-state index contributed by atoms with van der Waals surface area (Å²) in [6.07, 6.45) is 1.01. The van der Waals surface area contributed by atoms with E-state index in [4.69, 9.17) is 11.6 Å². The maximum Gasteiger partial charge on any atom is 0.230 e. The molecule has 1 heterocycles. The minimum absolute atomic E-state index is 0.0686. The second kappa shape index (κ2) is 9.53. The van der Waals surface area contributed by atoms with Crippen LogP contribution in [0.25, 0.3) is 11.3 Å². The van der Waals surface area contributed by atoms with E-state index in [9.17, 15) is 4.79 Å². The summed E-state index contributed by atoms with van der Waals surface area (Å²) in [5.41, 5.74) is 4.05. The molecule has 0 fully saturated rings. The fourth-order valence-electron chi connectivity index (χ4n) is 2.49. The fourth-order valence-corrected chi connectivity index (χ4v) is 3.33. The number of aromatic nitrogens is 2. The molecule has 0 radical (unpaired) electrons. The molecule has 27 heavy (non-hydrogen) atoms. The number of nitrogens with one attached hydrogen (secondary N) is 1. The Morgan fingerprint density at radius 3 is 2.48 bits per heavy atom. The van der Waals surface area contributed by atoms with Crippen LogP contribution in [0.15, 0.2) is 65.7 Å². The molecule has 0 bridgehead atoms. The average molecular weight is 398 g/mol. The van der Waals surface area contributed by atoms with E-state index >= 15 is 0 Å². The third kappa shape index (κ3) is 5.55. The number of thioether (sulfide) groups is 1. The van der Waals surface area contributed by atoms with Crippen molar-refractivity contribution >= 4 is 29.3 Å². The third-order valence-electron chi connectivity index (χ3n) is 4.08. The van der Waals surface area contributed by atoms with Gasteiger partial charge in [0.1, 0.15) is 5.03 Å². The molecule has 3 aromatic rings. The van der Waals surface area contributed by atoms with Gasteiger partial charge in [0.25, 0.3) is 0 Å². The highest BCUT2D eigenvalue weighted by molar-refractivity contribution is 7.99. The Morgan fingerprint density at radius 2 is 1.81 bits per heavy atom. The summed E-state index contributed by atoms with van der Waals surface area (Å²) in [5.74, 6) is 0.213. The highest BCUT2D eigenvalue weighted by atomic mass is 35.5. The van der Waals surface area contributed by atoms with Crippen molar-refractivity contribution in [2.45, 2.75) is 24.9 Å². The molecule has 2 aromatic carbocycles. The van der Waals surface area contributed by atoms with Gasteiger partial charge in [-0.2, -0.15) is 0 Å². The van der Waals surface area contributed by atoms with Crippen LogP contribution in [0.2, 0.25) is 5.02 Å². The molecule has 1 amide bonds. The molecular weight excluding hydrogens is 378 g/mol. The van der Waals surface area contributed by atoms with Gasteiger partial charge in [-0.05, 0) is 35.7 Å². The SMILES string of the molecule is CCc1ccc(-c2ccc(SCC(=O)NCc3ccccc3Cl)nn2)cc1. The quantitative estimate of drug-likeness (QED) is 0.583. The first-order valence-electron chi connectivity index (χ1n) is 8.71. The van der Waals surface area contributed by atoms with Gasteiger partial charge in [0.05, 0.1) is 11.4 Å². The van der Waals surface area contributed by atoms with Gasteiger partial charge in [0.2, 0.25) is 5.91 Å². The van der Waals surface area contributed by atoms with Crippen LogP contribution in [0.4, 0.5) is 0 Å². The van der Waals surface area contributed by atoms with E-state index in [0.29, 0.717) is 11.6 Å². The number of aryl methyl sites for hydroxylation is 1. The van der Waals surface area contributed by atoms with Crippen molar-refractivity contribution in [3.63, 3.8) is 0 Å². The lowest BCUT2D eigenvalue weighted by molar-refractivity contribution is -0.118. The van der Waals surface area contributed by atoms with Gasteiger partial charge >= 0.3 is 0 Å². The van der Waals surface area contributed by atoms with Crippen molar-refractivity contribution in [1.82, 2.24) is 15.5 Å². The number of rotatable bonds is 7. The van der Waals surface area contributed by atoms with E-state index in [1.54, 1.807) is 0 Å². The van der Waals surface area contributed by atoms with E-state index < -0.39 is 0 Å². The van der Waals surface area contributed by atoms with Gasteiger partial charge in [0.15, 0.2) is 0 Å². The number of carbonyl (C=O) groups is 1. The van der Waals surface area contributed by atoms with E-state index in [1.807, 2.05) is 36.4 Å². The number of carbonyl (C=O) groups excluding carboxylic acids is 1. The highest BCUT2D eigenvalue weighted by Crippen LogP contribution is 2.20. The second-order valence-electron chi connectivity index (χ2n) is 5.96. The maximum atomic E-state index is 12.0. The Labute approximate surface area is 168 Å². The van der Waals surface area contributed by atoms with Gasteiger partial charge in [-0.1, -0.05) is 72.8 Å². The van der Waals surface area contributed by atoms with Crippen LogP contribution in [0.5, 0.6) is 0 Å². The van der Waals surface area contributed by atoms with Crippen molar-refractivity contribution in [2.24, 2.45) is 0 Å². The molecule has 0 saturated heterocycles. The van der Waals surface area contributed by atoms with Gasteiger partial charge in [-0.25, -0.2) is 0 Å². The predicted octanol–water partition coefficient (Wildman–Crippen LogP) is 4.77. The van der Waals surface area contributed by atoms with Crippen molar-refractivity contribution in [3.05, 3.63) is 76.8 Å². The lowest BCUT2D eigenvalue weighted by atomic mass is 10.1. The van der Waals surface area contributed by atoms with Crippen LogP contribution in [0.3, 0.4) is 0 Å². The van der Waals surface area contributed by atoms with E-state index in [2.05, 4.69) is 46.7 Å². The maximum absolute atomic E-state index is 12.0. The van der Waals surface area contributed by atoms with Crippen LogP contribution in [-0.4, -0.2) is 21.9 Å². The van der Waals surface area contributed by atoms with Crippen LogP contribution in [0.1, 0.15) is 18.1 Å². The van der Waals surface area contributed by atoms with Crippen LogP contribution in [-0.2, 0) is 17.8 Å². The van der Waals surface area contributed by atoms with Gasteiger partial charge in [-0.15, -0.1) is 10.2 Å². The lowest BCUT2D eigenvalue weighted by Gasteiger charge is -2.07. The zero-order chi connectivity index (χ0) is 19.1. The molecule has 3 rings (SSSR count). The number of benzene rings is 2. The monoisotopic (exact) mass is 397 g/mol. The minimum atomic E-state index is -0.0686. The van der Waals surface area contributed by atoms with Gasteiger partial charge < -0.3 is 5.32 Å². The molecule has 0 atom stereocenters. The summed E-state index contributed by atoms with van der Waals surface area (Å²) in [7, 11) is 0. The summed E-state index contributed by atoms with van der Waals surface area (Å²) in [6.45, 7) is 2.54. The first-order valence-corrected chi connectivity index (χ1v) is 10.1. The summed E-state index contributed by atoms with van der Waals surface area (Å²) < 4.78 is 0. The highest BCUT2D eigenvalue weighted by Gasteiger charge is 2.07. The molecule has 0 unspecified atom stereocenters. The first-order chi connectivity index (χ1) is 13.2. The van der Waals surface area contributed by atoms with Gasteiger partial charge in [-0.3, -0.25) is 4.79 Å².